The van der Waals surface area contributed by atoms with E-state index in [0.29, 0.717) is 22.7 Å². The highest BCUT2D eigenvalue weighted by atomic mass is 32.2. The summed E-state index contributed by atoms with van der Waals surface area (Å²) in [7, 11) is -1.49. The molecule has 0 atom stereocenters. The summed E-state index contributed by atoms with van der Waals surface area (Å²) in [5, 5.41) is 0. The summed E-state index contributed by atoms with van der Waals surface area (Å²) in [6.45, 7) is 3.78. The molecule has 0 heterocycles. The minimum atomic E-state index is -3.30. The highest BCUT2D eigenvalue weighted by molar-refractivity contribution is 7.91. The Morgan fingerprint density at radius 3 is 2.45 bits per heavy atom. The van der Waals surface area contributed by atoms with E-state index in [1.807, 2.05) is 18.0 Å². The number of halogens is 1. The smallest absolute Gasteiger partial charge is 0.180 e. The lowest BCUT2D eigenvalue weighted by Crippen LogP contribution is -2.20. The van der Waals surface area contributed by atoms with Gasteiger partial charge in [0, 0.05) is 13.6 Å². The average molecular weight is 321 g/mol. The van der Waals surface area contributed by atoms with Gasteiger partial charge in [-0.1, -0.05) is 31.2 Å². The molecule has 0 fully saturated rings. The summed E-state index contributed by atoms with van der Waals surface area (Å²) in [6.07, 6.45) is 0. The van der Waals surface area contributed by atoms with E-state index in [4.69, 9.17) is 0 Å². The van der Waals surface area contributed by atoms with E-state index in [-0.39, 0.29) is 11.6 Å². The number of anilines is 1. The maximum Gasteiger partial charge on any atom is 0.180 e. The van der Waals surface area contributed by atoms with Crippen LogP contribution in [-0.2, 0) is 16.4 Å². The van der Waals surface area contributed by atoms with Crippen LogP contribution in [0.3, 0.4) is 0 Å². The van der Waals surface area contributed by atoms with Gasteiger partial charge in [0.1, 0.15) is 5.82 Å². The molecule has 0 aromatic heterocycles. The second kappa shape index (κ2) is 6.48. The molecule has 3 nitrogen and oxygen atoms in total. The van der Waals surface area contributed by atoms with E-state index in [0.717, 1.165) is 5.56 Å². The molecule has 0 aliphatic rings. The number of rotatable bonds is 5. The Hall–Kier alpha value is -1.88. The van der Waals surface area contributed by atoms with Crippen molar-refractivity contribution in [2.45, 2.75) is 25.3 Å². The Labute approximate surface area is 131 Å². The van der Waals surface area contributed by atoms with Gasteiger partial charge in [0.05, 0.1) is 16.3 Å². The van der Waals surface area contributed by atoms with Crippen LogP contribution < -0.4 is 4.90 Å². The predicted molar refractivity (Wildman–Crippen MR) is 87.4 cm³/mol. The van der Waals surface area contributed by atoms with Crippen molar-refractivity contribution < 1.29 is 12.8 Å². The molecule has 0 radical (unpaired) electrons. The molecule has 0 aliphatic carbocycles. The molecule has 0 spiro atoms. The average Bonchev–Trinajstić information content (AvgIpc) is 2.51. The van der Waals surface area contributed by atoms with Gasteiger partial charge in [-0.05, 0) is 36.2 Å². The van der Waals surface area contributed by atoms with E-state index >= 15 is 0 Å². The molecule has 0 bridgehead atoms. The zero-order valence-corrected chi connectivity index (χ0v) is 13.8. The predicted octanol–water partition coefficient (Wildman–Crippen LogP) is 3.56. The van der Waals surface area contributed by atoms with E-state index in [1.165, 1.54) is 6.07 Å². The monoisotopic (exact) mass is 321 g/mol. The van der Waals surface area contributed by atoms with Crippen LogP contribution in [0.5, 0.6) is 0 Å². The van der Waals surface area contributed by atoms with E-state index < -0.39 is 9.84 Å². The van der Waals surface area contributed by atoms with Crippen molar-refractivity contribution >= 4 is 15.5 Å². The number of hydrogen-bond donors (Lipinski definition) is 0. The van der Waals surface area contributed by atoms with Crippen molar-refractivity contribution in [1.82, 2.24) is 0 Å². The summed E-state index contributed by atoms with van der Waals surface area (Å²) in [4.78, 5) is 2.14. The van der Waals surface area contributed by atoms with Gasteiger partial charge in [0.25, 0.3) is 0 Å². The second-order valence-corrected chi connectivity index (χ2v) is 7.56. The van der Waals surface area contributed by atoms with Gasteiger partial charge < -0.3 is 4.90 Å². The second-order valence-electron chi connectivity index (χ2n) is 5.31. The van der Waals surface area contributed by atoms with Crippen molar-refractivity contribution in [2.75, 3.05) is 17.7 Å². The fourth-order valence-corrected chi connectivity index (χ4v) is 3.42. The number of para-hydroxylation sites is 1. The van der Waals surface area contributed by atoms with Gasteiger partial charge in [0.15, 0.2) is 9.84 Å². The van der Waals surface area contributed by atoms with Crippen LogP contribution >= 0.6 is 0 Å². The van der Waals surface area contributed by atoms with Crippen LogP contribution in [0, 0.1) is 12.7 Å². The Kier molecular flexibility index (Phi) is 4.86. The molecule has 118 valence electrons. The first-order valence-corrected chi connectivity index (χ1v) is 8.78. The van der Waals surface area contributed by atoms with Crippen molar-refractivity contribution in [1.29, 1.82) is 0 Å². The molecule has 2 aromatic rings. The van der Waals surface area contributed by atoms with Crippen LogP contribution in [0.25, 0.3) is 0 Å². The number of nitrogens with zero attached hydrogens (tertiary/aromatic N) is 1. The minimum Gasteiger partial charge on any atom is -0.369 e. The van der Waals surface area contributed by atoms with Crippen molar-refractivity contribution in [3.8, 4) is 0 Å². The third-order valence-electron chi connectivity index (χ3n) is 3.65. The van der Waals surface area contributed by atoms with Gasteiger partial charge in [-0.25, -0.2) is 12.8 Å². The highest BCUT2D eigenvalue weighted by Gasteiger charge is 2.18. The number of sulfone groups is 1. The van der Waals surface area contributed by atoms with Crippen LogP contribution in [0.15, 0.2) is 47.4 Å². The minimum absolute atomic E-state index is 0.0526. The topological polar surface area (TPSA) is 37.4 Å². The van der Waals surface area contributed by atoms with Gasteiger partial charge in [-0.2, -0.15) is 0 Å². The van der Waals surface area contributed by atoms with Crippen molar-refractivity contribution in [2.24, 2.45) is 0 Å². The molecule has 2 rings (SSSR count). The molecule has 0 N–H and O–H groups in total. The summed E-state index contributed by atoms with van der Waals surface area (Å²) in [5.41, 5.74) is 2.03. The first-order chi connectivity index (χ1) is 10.3. The zero-order valence-electron chi connectivity index (χ0n) is 13.0. The lowest BCUT2D eigenvalue weighted by Gasteiger charge is -2.22. The Morgan fingerprint density at radius 1 is 1.14 bits per heavy atom. The molecule has 0 unspecified atom stereocenters. The number of hydrogen-bond acceptors (Lipinski definition) is 3. The zero-order chi connectivity index (χ0) is 16.3. The standard InChI is InChI=1S/C17H20FNO2S/c1-4-22(20,21)17-8-6-5-7-16(17)19(3)12-14-10-9-13(2)15(18)11-14/h5-11H,4,12H2,1-3H3. The third kappa shape index (κ3) is 3.47. The van der Waals surface area contributed by atoms with E-state index in [9.17, 15) is 12.8 Å². The van der Waals surface area contributed by atoms with Crippen LogP contribution in [-0.4, -0.2) is 21.2 Å². The molecule has 2 aromatic carbocycles. The van der Waals surface area contributed by atoms with Crippen molar-refractivity contribution in [3.05, 3.63) is 59.4 Å². The molecular weight excluding hydrogens is 301 g/mol. The Balaban J connectivity index is 2.34. The summed E-state index contributed by atoms with van der Waals surface area (Å²) >= 11 is 0. The Morgan fingerprint density at radius 2 is 1.82 bits per heavy atom. The first-order valence-electron chi connectivity index (χ1n) is 7.13. The Bertz CT molecular complexity index is 772. The molecule has 5 heteroatoms. The molecule has 0 amide bonds. The lowest BCUT2D eigenvalue weighted by molar-refractivity contribution is 0.596. The van der Waals surface area contributed by atoms with Crippen molar-refractivity contribution in [3.63, 3.8) is 0 Å². The summed E-state index contributed by atoms with van der Waals surface area (Å²) in [6, 6.07) is 12.0. The SMILES string of the molecule is CCS(=O)(=O)c1ccccc1N(C)Cc1ccc(C)c(F)c1. The highest BCUT2D eigenvalue weighted by Crippen LogP contribution is 2.26. The number of benzene rings is 2. The fourth-order valence-electron chi connectivity index (χ4n) is 2.28. The van der Waals surface area contributed by atoms with Crippen LogP contribution in [0.1, 0.15) is 18.1 Å². The fraction of sp³-hybridized carbons (Fsp3) is 0.294. The van der Waals surface area contributed by atoms with Gasteiger partial charge >= 0.3 is 0 Å². The van der Waals surface area contributed by atoms with Gasteiger partial charge in [-0.3, -0.25) is 0 Å². The molecular formula is C17H20FNO2S. The largest absolute Gasteiger partial charge is 0.369 e. The van der Waals surface area contributed by atoms with E-state index in [2.05, 4.69) is 0 Å². The van der Waals surface area contributed by atoms with Gasteiger partial charge in [0.2, 0.25) is 0 Å². The first kappa shape index (κ1) is 16.5. The maximum absolute atomic E-state index is 13.6. The van der Waals surface area contributed by atoms with Gasteiger partial charge in [-0.15, -0.1) is 0 Å². The third-order valence-corrected chi connectivity index (χ3v) is 5.42. The maximum atomic E-state index is 13.6. The normalized spacial score (nSPS) is 11.5. The van der Waals surface area contributed by atoms with Crippen LogP contribution in [0.2, 0.25) is 0 Å². The molecule has 22 heavy (non-hydrogen) atoms. The summed E-state index contributed by atoms with van der Waals surface area (Å²) < 4.78 is 38.0. The van der Waals surface area contributed by atoms with E-state index in [1.54, 1.807) is 44.2 Å². The quantitative estimate of drug-likeness (QED) is 0.845. The number of aryl methyl sites for hydroxylation is 1. The molecule has 0 saturated carbocycles. The molecule has 0 saturated heterocycles. The van der Waals surface area contributed by atoms with Crippen LogP contribution in [0.4, 0.5) is 10.1 Å². The molecule has 0 aliphatic heterocycles. The lowest BCUT2D eigenvalue weighted by atomic mass is 10.1. The summed E-state index contributed by atoms with van der Waals surface area (Å²) in [5.74, 6) is -0.197.